The Hall–Kier alpha value is -1.88. The van der Waals surface area contributed by atoms with Gasteiger partial charge in [0.15, 0.2) is 0 Å². The molecular weight excluding hydrogens is 256 g/mol. The van der Waals surface area contributed by atoms with E-state index in [9.17, 15) is 9.59 Å². The van der Waals surface area contributed by atoms with Crippen molar-refractivity contribution in [3.63, 3.8) is 0 Å². The Morgan fingerprint density at radius 1 is 1.25 bits per heavy atom. The van der Waals surface area contributed by atoms with Gasteiger partial charge in [0.25, 0.3) is 0 Å². The summed E-state index contributed by atoms with van der Waals surface area (Å²) in [5, 5.41) is 0. The zero-order valence-corrected chi connectivity index (χ0v) is 12.2. The van der Waals surface area contributed by atoms with E-state index in [1.165, 1.54) is 4.90 Å². The second-order valence-electron chi connectivity index (χ2n) is 4.75. The van der Waals surface area contributed by atoms with Gasteiger partial charge in [-0.3, -0.25) is 9.59 Å². The molecule has 0 saturated carbocycles. The third kappa shape index (κ3) is 4.35. The van der Waals surface area contributed by atoms with Crippen LogP contribution >= 0.6 is 0 Å². The van der Waals surface area contributed by atoms with Gasteiger partial charge in [0.05, 0.1) is 6.61 Å². The highest BCUT2D eigenvalue weighted by Crippen LogP contribution is 2.14. The van der Waals surface area contributed by atoms with Gasteiger partial charge < -0.3 is 15.4 Å². The molecule has 0 radical (unpaired) electrons. The molecule has 5 nitrogen and oxygen atoms in total. The predicted octanol–water partition coefficient (Wildman–Crippen LogP) is 1.49. The lowest BCUT2D eigenvalue weighted by Crippen LogP contribution is -2.45. The van der Waals surface area contributed by atoms with Gasteiger partial charge in [0, 0.05) is 6.04 Å². The molecule has 110 valence electrons. The van der Waals surface area contributed by atoms with Crippen molar-refractivity contribution in [3.05, 3.63) is 35.9 Å². The quantitative estimate of drug-likeness (QED) is 0.800. The van der Waals surface area contributed by atoms with Crippen LogP contribution in [0.1, 0.15) is 32.4 Å². The lowest BCUT2D eigenvalue weighted by Gasteiger charge is -2.28. The molecule has 1 aromatic carbocycles. The van der Waals surface area contributed by atoms with Crippen LogP contribution in [0.5, 0.6) is 0 Å². The van der Waals surface area contributed by atoms with E-state index in [-0.39, 0.29) is 18.5 Å². The summed E-state index contributed by atoms with van der Waals surface area (Å²) < 4.78 is 4.88. The van der Waals surface area contributed by atoms with E-state index in [2.05, 4.69) is 0 Å². The van der Waals surface area contributed by atoms with Crippen LogP contribution in [-0.4, -0.2) is 36.0 Å². The van der Waals surface area contributed by atoms with Crippen molar-refractivity contribution >= 4 is 11.9 Å². The van der Waals surface area contributed by atoms with Crippen molar-refractivity contribution in [1.82, 2.24) is 4.90 Å². The molecule has 0 heterocycles. The van der Waals surface area contributed by atoms with Gasteiger partial charge in [0.2, 0.25) is 5.91 Å². The molecular formula is C15H22N2O3. The fourth-order valence-electron chi connectivity index (χ4n) is 1.84. The monoisotopic (exact) mass is 278 g/mol. The van der Waals surface area contributed by atoms with E-state index in [1.54, 1.807) is 19.1 Å². The van der Waals surface area contributed by atoms with Crippen molar-refractivity contribution in [2.45, 2.75) is 32.9 Å². The van der Waals surface area contributed by atoms with Crippen LogP contribution in [0.4, 0.5) is 0 Å². The van der Waals surface area contributed by atoms with Gasteiger partial charge in [-0.05, 0) is 26.3 Å². The number of esters is 1. The van der Waals surface area contributed by atoms with Gasteiger partial charge in [-0.25, -0.2) is 0 Å². The first-order chi connectivity index (χ1) is 9.47. The molecule has 0 aliphatic rings. The fraction of sp³-hybridized carbons (Fsp3) is 0.467. The Balaban J connectivity index is 2.81. The van der Waals surface area contributed by atoms with Crippen LogP contribution < -0.4 is 5.73 Å². The molecule has 20 heavy (non-hydrogen) atoms. The molecule has 0 aliphatic carbocycles. The predicted molar refractivity (Wildman–Crippen MR) is 76.9 cm³/mol. The molecule has 0 aromatic heterocycles. The van der Waals surface area contributed by atoms with E-state index in [4.69, 9.17) is 10.5 Å². The van der Waals surface area contributed by atoms with E-state index < -0.39 is 12.0 Å². The summed E-state index contributed by atoms with van der Waals surface area (Å²) in [7, 11) is 0. The molecule has 2 N–H and O–H groups in total. The average Bonchev–Trinajstić information content (AvgIpc) is 2.44. The van der Waals surface area contributed by atoms with Crippen molar-refractivity contribution in [2.24, 2.45) is 5.73 Å². The van der Waals surface area contributed by atoms with Crippen LogP contribution in [-0.2, 0) is 14.3 Å². The molecule has 0 bridgehead atoms. The minimum atomic E-state index is -0.770. The van der Waals surface area contributed by atoms with Crippen molar-refractivity contribution in [2.75, 3.05) is 13.2 Å². The molecule has 1 amide bonds. The number of nitrogens with two attached hydrogens (primary N) is 1. The van der Waals surface area contributed by atoms with E-state index in [1.807, 2.05) is 32.0 Å². The Kier molecular flexibility index (Phi) is 6.18. The van der Waals surface area contributed by atoms with Gasteiger partial charge in [-0.15, -0.1) is 0 Å². The molecule has 5 heteroatoms. The topological polar surface area (TPSA) is 72.6 Å². The highest BCUT2D eigenvalue weighted by Gasteiger charge is 2.26. The summed E-state index contributed by atoms with van der Waals surface area (Å²) in [6.07, 6.45) is 0. The standard InChI is InChI=1S/C15H22N2O3/c1-4-20-13(18)10-17(11(2)3)15(19)14(16)12-8-6-5-7-9-12/h5-9,11,14H,4,10,16H2,1-3H3/t14-/m1/s1. The van der Waals surface area contributed by atoms with Crippen LogP contribution in [0, 0.1) is 0 Å². The van der Waals surface area contributed by atoms with Crippen LogP contribution in [0.25, 0.3) is 0 Å². The van der Waals surface area contributed by atoms with Gasteiger partial charge in [-0.1, -0.05) is 30.3 Å². The Morgan fingerprint density at radius 3 is 2.35 bits per heavy atom. The van der Waals surface area contributed by atoms with E-state index in [0.717, 1.165) is 5.56 Å². The zero-order valence-electron chi connectivity index (χ0n) is 12.2. The number of amides is 1. The Bertz CT molecular complexity index is 446. The molecule has 0 unspecified atom stereocenters. The number of benzene rings is 1. The van der Waals surface area contributed by atoms with E-state index >= 15 is 0 Å². The fourth-order valence-corrected chi connectivity index (χ4v) is 1.84. The Labute approximate surface area is 119 Å². The zero-order chi connectivity index (χ0) is 15.1. The van der Waals surface area contributed by atoms with Crippen LogP contribution in [0.3, 0.4) is 0 Å². The van der Waals surface area contributed by atoms with Crippen molar-refractivity contribution in [1.29, 1.82) is 0 Å². The maximum absolute atomic E-state index is 12.4. The molecule has 0 saturated heterocycles. The smallest absolute Gasteiger partial charge is 0.325 e. The highest BCUT2D eigenvalue weighted by molar-refractivity contribution is 5.86. The van der Waals surface area contributed by atoms with Crippen LogP contribution in [0.2, 0.25) is 0 Å². The second kappa shape index (κ2) is 7.65. The third-order valence-corrected chi connectivity index (χ3v) is 2.94. The van der Waals surface area contributed by atoms with Gasteiger partial charge >= 0.3 is 5.97 Å². The van der Waals surface area contributed by atoms with Crippen LogP contribution in [0.15, 0.2) is 30.3 Å². The van der Waals surface area contributed by atoms with Crippen molar-refractivity contribution in [3.8, 4) is 0 Å². The molecule has 1 aromatic rings. The minimum Gasteiger partial charge on any atom is -0.465 e. The third-order valence-electron chi connectivity index (χ3n) is 2.94. The number of carbonyl (C=O) groups is 2. The summed E-state index contributed by atoms with van der Waals surface area (Å²) in [5.41, 5.74) is 6.71. The lowest BCUT2D eigenvalue weighted by molar-refractivity contribution is -0.150. The largest absolute Gasteiger partial charge is 0.465 e. The number of carbonyl (C=O) groups excluding carboxylic acids is 2. The first-order valence-electron chi connectivity index (χ1n) is 6.74. The summed E-state index contributed by atoms with van der Waals surface area (Å²) in [6, 6.07) is 8.21. The SMILES string of the molecule is CCOC(=O)CN(C(=O)[C@H](N)c1ccccc1)C(C)C. The van der Waals surface area contributed by atoms with Crippen molar-refractivity contribution < 1.29 is 14.3 Å². The summed E-state index contributed by atoms with van der Waals surface area (Å²) in [4.78, 5) is 25.4. The summed E-state index contributed by atoms with van der Waals surface area (Å²) >= 11 is 0. The molecule has 0 spiro atoms. The number of nitrogens with zero attached hydrogens (tertiary/aromatic N) is 1. The molecule has 0 aliphatic heterocycles. The summed E-state index contributed by atoms with van der Waals surface area (Å²) in [5.74, 6) is -0.700. The molecule has 0 fully saturated rings. The first kappa shape index (κ1) is 16.2. The minimum absolute atomic E-state index is 0.0785. The second-order valence-corrected chi connectivity index (χ2v) is 4.75. The summed E-state index contributed by atoms with van der Waals surface area (Å²) in [6.45, 7) is 5.63. The number of rotatable bonds is 6. The Morgan fingerprint density at radius 2 is 1.85 bits per heavy atom. The number of ether oxygens (including phenoxy) is 1. The average molecular weight is 278 g/mol. The first-order valence-corrected chi connectivity index (χ1v) is 6.74. The van der Waals surface area contributed by atoms with Gasteiger partial charge in [0.1, 0.15) is 12.6 Å². The van der Waals surface area contributed by atoms with Gasteiger partial charge in [-0.2, -0.15) is 0 Å². The lowest BCUT2D eigenvalue weighted by atomic mass is 10.1. The number of hydrogen-bond acceptors (Lipinski definition) is 4. The maximum atomic E-state index is 12.4. The maximum Gasteiger partial charge on any atom is 0.325 e. The molecule has 1 rings (SSSR count). The molecule has 1 atom stereocenters. The van der Waals surface area contributed by atoms with E-state index in [0.29, 0.717) is 6.61 Å². The highest BCUT2D eigenvalue weighted by atomic mass is 16.5. The number of hydrogen-bond donors (Lipinski definition) is 1. The normalized spacial score (nSPS) is 12.1.